The van der Waals surface area contributed by atoms with Crippen molar-refractivity contribution in [2.45, 2.75) is 73.1 Å². The van der Waals surface area contributed by atoms with Gasteiger partial charge in [-0.05, 0) is 80.5 Å². The van der Waals surface area contributed by atoms with Crippen LogP contribution in [0.2, 0.25) is 5.02 Å². The number of hydrazine groups is 1. The van der Waals surface area contributed by atoms with Gasteiger partial charge in [-0.3, -0.25) is 9.88 Å². The summed E-state index contributed by atoms with van der Waals surface area (Å²) in [6.07, 6.45) is 3.72. The molecule has 204 valence electrons. The lowest BCUT2D eigenvalue weighted by atomic mass is 9.79. The van der Waals surface area contributed by atoms with E-state index in [1.807, 2.05) is 19.2 Å². The number of benzene rings is 2. The predicted octanol–water partition coefficient (Wildman–Crippen LogP) is 6.60. The lowest BCUT2D eigenvalue weighted by molar-refractivity contribution is 0.0682. The van der Waals surface area contributed by atoms with Crippen LogP contribution in [0.4, 0.5) is 11.4 Å². The first-order valence-corrected chi connectivity index (χ1v) is 13.8. The average molecular weight is 536 g/mol. The average Bonchev–Trinajstić information content (AvgIpc) is 2.97. The normalized spacial score (nSPS) is 16.1. The zero-order chi connectivity index (χ0) is 27.8. The maximum absolute atomic E-state index is 6.76. The van der Waals surface area contributed by atoms with E-state index in [9.17, 15) is 0 Å². The van der Waals surface area contributed by atoms with Crippen LogP contribution in [-0.4, -0.2) is 28.6 Å². The third-order valence-corrected chi connectivity index (χ3v) is 7.89. The quantitative estimate of drug-likeness (QED) is 0.202. The van der Waals surface area contributed by atoms with Gasteiger partial charge in [0.2, 0.25) is 0 Å². The molecule has 2 aromatic carbocycles. The number of nitrogens with two attached hydrogens (primary N) is 2. The van der Waals surface area contributed by atoms with Crippen molar-refractivity contribution in [2.24, 2.45) is 11.8 Å². The second kappa shape index (κ2) is 11.1. The van der Waals surface area contributed by atoms with E-state index in [1.165, 1.54) is 16.7 Å². The SMILES string of the molecule is CCN(N)c1c(Cl)cc(C(c2ccc(C)c(CN3Cc4cnccc4OC(C)(C)C3)c2)C(C)C)c(C)c1N. The molecule has 1 aliphatic rings. The van der Waals surface area contributed by atoms with Crippen molar-refractivity contribution in [1.29, 1.82) is 0 Å². The van der Waals surface area contributed by atoms with Gasteiger partial charge in [0.25, 0.3) is 0 Å². The van der Waals surface area contributed by atoms with Gasteiger partial charge in [-0.15, -0.1) is 0 Å². The number of pyridine rings is 1. The van der Waals surface area contributed by atoms with Gasteiger partial charge in [-0.2, -0.15) is 0 Å². The molecular formula is C31H42ClN5O. The molecule has 2 heterocycles. The molecule has 0 saturated heterocycles. The standard InChI is InChI=1S/C31H42ClN5O/c1-8-37(34)30-26(32)14-25(21(5)29(30)33)28(19(2)3)22-10-9-20(4)23(13-22)16-36-17-24-15-35-12-11-27(24)38-31(6,7)18-36/h9-15,19,28H,8,16-18,33-34H2,1-7H3. The molecule has 0 radical (unpaired) electrons. The van der Waals surface area contributed by atoms with Gasteiger partial charge in [0, 0.05) is 50.1 Å². The van der Waals surface area contributed by atoms with Crippen LogP contribution in [0.5, 0.6) is 5.75 Å². The van der Waals surface area contributed by atoms with Crippen LogP contribution in [0.15, 0.2) is 42.7 Å². The fraction of sp³-hybridized carbons (Fsp3) is 0.452. The predicted molar refractivity (Wildman–Crippen MR) is 159 cm³/mol. The van der Waals surface area contributed by atoms with Crippen molar-refractivity contribution in [3.63, 3.8) is 0 Å². The summed E-state index contributed by atoms with van der Waals surface area (Å²) in [6, 6.07) is 10.9. The van der Waals surface area contributed by atoms with E-state index in [2.05, 4.69) is 75.7 Å². The van der Waals surface area contributed by atoms with E-state index in [1.54, 1.807) is 11.2 Å². The molecule has 0 amide bonds. The fourth-order valence-corrected chi connectivity index (χ4v) is 6.01. The Morgan fingerprint density at radius 3 is 2.61 bits per heavy atom. The second-order valence-corrected chi connectivity index (χ2v) is 11.9. The number of hydrogen-bond acceptors (Lipinski definition) is 6. The first-order valence-electron chi connectivity index (χ1n) is 13.5. The zero-order valence-electron chi connectivity index (χ0n) is 23.8. The molecule has 4 rings (SSSR count). The lowest BCUT2D eigenvalue weighted by Gasteiger charge is -2.31. The Labute approximate surface area is 232 Å². The van der Waals surface area contributed by atoms with Gasteiger partial charge in [-0.1, -0.05) is 43.6 Å². The summed E-state index contributed by atoms with van der Waals surface area (Å²) in [7, 11) is 0. The number of rotatable bonds is 7. The number of hydrogen-bond donors (Lipinski definition) is 2. The minimum absolute atomic E-state index is 0.143. The van der Waals surface area contributed by atoms with Gasteiger partial charge < -0.3 is 15.5 Å². The second-order valence-electron chi connectivity index (χ2n) is 11.5. The van der Waals surface area contributed by atoms with Crippen molar-refractivity contribution < 1.29 is 4.74 Å². The zero-order valence-corrected chi connectivity index (χ0v) is 24.6. The Morgan fingerprint density at radius 2 is 1.92 bits per heavy atom. The number of fused-ring (bicyclic) bond motifs is 1. The number of nitrogen functional groups attached to an aromatic ring is 1. The Hall–Kier alpha value is -2.80. The maximum atomic E-state index is 6.76. The Bertz CT molecular complexity index is 1310. The van der Waals surface area contributed by atoms with Gasteiger partial charge >= 0.3 is 0 Å². The first-order chi connectivity index (χ1) is 17.9. The van der Waals surface area contributed by atoms with Gasteiger partial charge in [0.1, 0.15) is 11.4 Å². The minimum Gasteiger partial charge on any atom is -0.486 e. The third-order valence-electron chi connectivity index (χ3n) is 7.60. The Morgan fingerprint density at radius 1 is 1.18 bits per heavy atom. The van der Waals surface area contributed by atoms with Gasteiger partial charge in [0.05, 0.1) is 16.4 Å². The highest BCUT2D eigenvalue weighted by Crippen LogP contribution is 2.43. The largest absolute Gasteiger partial charge is 0.486 e. The van der Waals surface area contributed by atoms with E-state index in [-0.39, 0.29) is 11.5 Å². The van der Waals surface area contributed by atoms with E-state index < -0.39 is 0 Å². The molecule has 4 N–H and O–H groups in total. The molecular weight excluding hydrogens is 494 g/mol. The van der Waals surface area contributed by atoms with Crippen LogP contribution < -0.4 is 21.3 Å². The van der Waals surface area contributed by atoms with E-state index in [0.29, 0.717) is 28.9 Å². The number of aryl methyl sites for hydroxylation is 1. The lowest BCUT2D eigenvalue weighted by Crippen LogP contribution is -2.40. The van der Waals surface area contributed by atoms with Crippen LogP contribution >= 0.6 is 11.6 Å². The first kappa shape index (κ1) is 28.2. The number of anilines is 2. The van der Waals surface area contributed by atoms with Crippen LogP contribution in [-0.2, 0) is 13.1 Å². The monoisotopic (exact) mass is 535 g/mol. The molecule has 1 aliphatic heterocycles. The van der Waals surface area contributed by atoms with Crippen LogP contribution in [0, 0.1) is 19.8 Å². The van der Waals surface area contributed by atoms with Crippen molar-refractivity contribution in [3.8, 4) is 5.75 Å². The molecule has 1 unspecified atom stereocenters. The highest BCUT2D eigenvalue weighted by Gasteiger charge is 2.30. The summed E-state index contributed by atoms with van der Waals surface area (Å²) in [5.74, 6) is 7.61. The molecule has 7 heteroatoms. The van der Waals surface area contributed by atoms with Gasteiger partial charge in [0.15, 0.2) is 0 Å². The topological polar surface area (TPSA) is 80.6 Å². The summed E-state index contributed by atoms with van der Waals surface area (Å²) in [5, 5.41) is 2.20. The molecule has 0 saturated carbocycles. The highest BCUT2D eigenvalue weighted by molar-refractivity contribution is 6.34. The van der Waals surface area contributed by atoms with Crippen molar-refractivity contribution in [1.82, 2.24) is 9.88 Å². The van der Waals surface area contributed by atoms with Crippen LogP contribution in [0.25, 0.3) is 0 Å². The van der Waals surface area contributed by atoms with Crippen molar-refractivity contribution in [3.05, 3.63) is 81.1 Å². The molecule has 38 heavy (non-hydrogen) atoms. The van der Waals surface area contributed by atoms with Crippen molar-refractivity contribution in [2.75, 3.05) is 23.8 Å². The number of aromatic nitrogens is 1. The molecule has 0 bridgehead atoms. The molecule has 1 aromatic heterocycles. The molecule has 6 nitrogen and oxygen atoms in total. The number of halogens is 1. The summed E-state index contributed by atoms with van der Waals surface area (Å²) < 4.78 is 6.35. The minimum atomic E-state index is -0.304. The molecule has 0 aliphatic carbocycles. The molecule has 1 atom stereocenters. The number of nitrogens with zero attached hydrogens (tertiary/aromatic N) is 3. The highest BCUT2D eigenvalue weighted by atomic mass is 35.5. The fourth-order valence-electron chi connectivity index (χ4n) is 5.68. The third kappa shape index (κ3) is 5.78. The molecule has 3 aromatic rings. The van der Waals surface area contributed by atoms with E-state index in [4.69, 9.17) is 27.9 Å². The number of ether oxygens (including phenoxy) is 1. The molecule has 0 spiro atoms. The molecule has 0 fully saturated rings. The maximum Gasteiger partial charge on any atom is 0.127 e. The van der Waals surface area contributed by atoms with E-state index in [0.717, 1.165) is 42.1 Å². The summed E-state index contributed by atoms with van der Waals surface area (Å²) in [5.41, 5.74) is 14.8. The summed E-state index contributed by atoms with van der Waals surface area (Å²) in [4.78, 5) is 6.80. The van der Waals surface area contributed by atoms with Crippen LogP contribution in [0.3, 0.4) is 0 Å². The summed E-state index contributed by atoms with van der Waals surface area (Å²) >= 11 is 6.76. The van der Waals surface area contributed by atoms with E-state index >= 15 is 0 Å². The van der Waals surface area contributed by atoms with Crippen molar-refractivity contribution >= 4 is 23.0 Å². The Kier molecular flexibility index (Phi) is 8.26. The van der Waals surface area contributed by atoms with Gasteiger partial charge in [-0.25, -0.2) is 5.84 Å². The Balaban J connectivity index is 1.71. The summed E-state index contributed by atoms with van der Waals surface area (Å²) in [6.45, 7) is 18.1. The smallest absolute Gasteiger partial charge is 0.127 e. The van der Waals surface area contributed by atoms with Crippen LogP contribution in [0.1, 0.15) is 73.9 Å².